The third-order valence-corrected chi connectivity index (χ3v) is 3.45. The van der Waals surface area contributed by atoms with Crippen molar-refractivity contribution in [2.45, 2.75) is 6.73 Å². The molecule has 0 radical (unpaired) electrons. The van der Waals surface area contributed by atoms with Gasteiger partial charge in [0.2, 0.25) is 0 Å². The number of benzene rings is 1. The molecule has 2 heterocycles. The highest BCUT2D eigenvalue weighted by Gasteiger charge is 2.10. The molecule has 1 aromatic carbocycles. The van der Waals surface area contributed by atoms with E-state index in [-0.39, 0.29) is 18.1 Å². The average molecular weight is 299 g/mol. The maximum absolute atomic E-state index is 12.3. The number of nitro benzene ring substituents is 1. The van der Waals surface area contributed by atoms with Crippen molar-refractivity contribution in [2.75, 3.05) is 7.11 Å². The quantitative estimate of drug-likeness (QED) is 0.547. The Labute approximate surface area is 125 Å². The Morgan fingerprint density at radius 3 is 2.50 bits per heavy atom. The molecule has 22 heavy (non-hydrogen) atoms. The van der Waals surface area contributed by atoms with E-state index < -0.39 is 4.92 Å². The van der Waals surface area contributed by atoms with Crippen molar-refractivity contribution < 1.29 is 9.66 Å². The largest absolute Gasteiger partial charge is 0.364 e. The summed E-state index contributed by atoms with van der Waals surface area (Å²) in [7, 11) is 1.52. The molecule has 0 aliphatic carbocycles. The highest BCUT2D eigenvalue weighted by molar-refractivity contribution is 5.81. The van der Waals surface area contributed by atoms with Crippen LogP contribution < -0.4 is 5.69 Å². The van der Waals surface area contributed by atoms with Crippen molar-refractivity contribution in [1.82, 2.24) is 8.97 Å². The molecule has 7 heteroatoms. The molecule has 0 unspecified atom stereocenters. The zero-order chi connectivity index (χ0) is 15.7. The van der Waals surface area contributed by atoms with E-state index in [1.165, 1.54) is 28.2 Å². The van der Waals surface area contributed by atoms with Crippen LogP contribution in [0.3, 0.4) is 0 Å². The Balaban J connectivity index is 2.10. The summed E-state index contributed by atoms with van der Waals surface area (Å²) in [5.41, 5.74) is 2.24. The molecule has 0 amide bonds. The van der Waals surface area contributed by atoms with E-state index in [0.717, 1.165) is 16.6 Å². The van der Waals surface area contributed by atoms with E-state index in [4.69, 9.17) is 4.74 Å². The van der Waals surface area contributed by atoms with Gasteiger partial charge in [0.25, 0.3) is 5.69 Å². The fourth-order valence-electron chi connectivity index (χ4n) is 2.39. The Morgan fingerprint density at radius 2 is 1.86 bits per heavy atom. The second kappa shape index (κ2) is 5.45. The van der Waals surface area contributed by atoms with Gasteiger partial charge in [0.05, 0.1) is 10.4 Å². The third kappa shape index (κ3) is 2.27. The van der Waals surface area contributed by atoms with Crippen molar-refractivity contribution in [1.29, 1.82) is 0 Å². The van der Waals surface area contributed by atoms with E-state index in [0.29, 0.717) is 0 Å². The van der Waals surface area contributed by atoms with Crippen LogP contribution in [0.2, 0.25) is 0 Å². The van der Waals surface area contributed by atoms with Gasteiger partial charge in [0.15, 0.2) is 0 Å². The van der Waals surface area contributed by atoms with Crippen LogP contribution in [0.15, 0.2) is 53.6 Å². The van der Waals surface area contributed by atoms with Crippen molar-refractivity contribution in [3.63, 3.8) is 0 Å². The normalized spacial score (nSPS) is 11.0. The molecule has 3 rings (SSSR count). The molecule has 0 aliphatic heterocycles. The predicted molar refractivity (Wildman–Crippen MR) is 80.8 cm³/mol. The summed E-state index contributed by atoms with van der Waals surface area (Å²) >= 11 is 0. The second-order valence-electron chi connectivity index (χ2n) is 4.77. The molecule has 0 N–H and O–H groups in total. The van der Waals surface area contributed by atoms with Gasteiger partial charge in [-0.15, -0.1) is 0 Å². The van der Waals surface area contributed by atoms with Gasteiger partial charge in [-0.3, -0.25) is 19.1 Å². The summed E-state index contributed by atoms with van der Waals surface area (Å²) in [6.45, 7) is 0.180. The maximum Gasteiger partial charge on any atom is 0.334 e. The fraction of sp³-hybridized carbons (Fsp3) is 0.133. The number of non-ortho nitro benzene ring substituents is 1. The third-order valence-electron chi connectivity index (χ3n) is 3.45. The zero-order valence-corrected chi connectivity index (χ0v) is 11.8. The summed E-state index contributed by atoms with van der Waals surface area (Å²) in [6, 6.07) is 9.88. The summed E-state index contributed by atoms with van der Waals surface area (Å²) in [4.78, 5) is 22.5. The molecule has 0 spiro atoms. The number of aromatic nitrogens is 2. The molecule has 0 saturated carbocycles. The lowest BCUT2D eigenvalue weighted by Gasteiger charge is -2.06. The van der Waals surface area contributed by atoms with Gasteiger partial charge in [-0.1, -0.05) is 0 Å². The lowest BCUT2D eigenvalue weighted by Crippen LogP contribution is -2.25. The monoisotopic (exact) mass is 299 g/mol. The summed E-state index contributed by atoms with van der Waals surface area (Å²) in [5, 5.41) is 10.7. The van der Waals surface area contributed by atoms with Crippen LogP contribution in [0.5, 0.6) is 0 Å². The molecular weight excluding hydrogens is 286 g/mol. The first kappa shape index (κ1) is 14.0. The predicted octanol–water partition coefficient (Wildman–Crippen LogP) is 2.28. The van der Waals surface area contributed by atoms with E-state index in [2.05, 4.69) is 0 Å². The molecule has 0 atom stereocenters. The summed E-state index contributed by atoms with van der Waals surface area (Å²) in [6.07, 6.45) is 3.34. The SMILES string of the molecule is COCn1ccc2c(-c3ccc([N+](=O)[O-])cc3)ccn2c1=O. The molecular formula is C15H13N3O4. The molecule has 0 saturated heterocycles. The van der Waals surface area contributed by atoms with Crippen molar-refractivity contribution in [3.05, 3.63) is 69.4 Å². The van der Waals surface area contributed by atoms with Gasteiger partial charge in [-0.05, 0) is 29.8 Å². The minimum absolute atomic E-state index is 0.0368. The van der Waals surface area contributed by atoms with Crippen LogP contribution in [-0.2, 0) is 11.5 Å². The minimum atomic E-state index is -0.439. The van der Waals surface area contributed by atoms with Gasteiger partial charge in [-0.25, -0.2) is 4.79 Å². The number of hydrogen-bond acceptors (Lipinski definition) is 4. The molecule has 0 bridgehead atoms. The van der Waals surface area contributed by atoms with Crippen molar-refractivity contribution in [3.8, 4) is 11.1 Å². The first-order valence-corrected chi connectivity index (χ1v) is 6.56. The van der Waals surface area contributed by atoms with E-state index >= 15 is 0 Å². The smallest absolute Gasteiger partial charge is 0.334 e. The van der Waals surface area contributed by atoms with Gasteiger partial charge in [-0.2, -0.15) is 0 Å². The molecule has 0 aliphatic rings. The van der Waals surface area contributed by atoms with Gasteiger partial charge in [0.1, 0.15) is 6.73 Å². The average Bonchev–Trinajstić information content (AvgIpc) is 2.95. The van der Waals surface area contributed by atoms with E-state index in [9.17, 15) is 14.9 Å². The molecule has 112 valence electrons. The molecule has 2 aromatic heterocycles. The Morgan fingerprint density at radius 1 is 1.14 bits per heavy atom. The fourth-order valence-corrected chi connectivity index (χ4v) is 2.39. The van der Waals surface area contributed by atoms with Crippen molar-refractivity contribution in [2.24, 2.45) is 0 Å². The summed E-state index contributed by atoms with van der Waals surface area (Å²) < 4.78 is 7.95. The van der Waals surface area contributed by atoms with Gasteiger partial charge >= 0.3 is 5.69 Å². The Hall–Kier alpha value is -2.93. The second-order valence-corrected chi connectivity index (χ2v) is 4.77. The number of ether oxygens (including phenoxy) is 1. The Kier molecular flexibility index (Phi) is 3.48. The molecule has 0 fully saturated rings. The van der Waals surface area contributed by atoms with Crippen LogP contribution in [0, 0.1) is 10.1 Å². The van der Waals surface area contributed by atoms with Crippen LogP contribution in [-0.4, -0.2) is 21.0 Å². The van der Waals surface area contributed by atoms with Crippen LogP contribution in [0.1, 0.15) is 0 Å². The summed E-state index contributed by atoms with van der Waals surface area (Å²) in [5.74, 6) is 0. The number of rotatable bonds is 4. The zero-order valence-electron chi connectivity index (χ0n) is 11.8. The lowest BCUT2D eigenvalue weighted by molar-refractivity contribution is -0.384. The lowest BCUT2D eigenvalue weighted by atomic mass is 10.1. The number of fused-ring (bicyclic) bond motifs is 1. The maximum atomic E-state index is 12.3. The number of hydrogen-bond donors (Lipinski definition) is 0. The minimum Gasteiger partial charge on any atom is -0.364 e. The number of nitro groups is 1. The first-order chi connectivity index (χ1) is 10.6. The highest BCUT2D eigenvalue weighted by Crippen LogP contribution is 2.26. The van der Waals surface area contributed by atoms with Crippen LogP contribution in [0.25, 0.3) is 16.6 Å². The number of nitrogens with zero attached hydrogens (tertiary/aromatic N) is 3. The number of methoxy groups -OCH3 is 1. The standard InChI is InChI=1S/C15H13N3O4/c1-22-10-16-8-7-14-13(6-9-17(14)15(16)19)11-2-4-12(5-3-11)18(20)21/h2-9H,10H2,1H3. The van der Waals surface area contributed by atoms with Gasteiger partial charge in [0, 0.05) is 37.2 Å². The highest BCUT2D eigenvalue weighted by atomic mass is 16.6. The van der Waals surface area contributed by atoms with E-state index in [1.54, 1.807) is 24.5 Å². The van der Waals surface area contributed by atoms with Gasteiger partial charge < -0.3 is 4.74 Å². The van der Waals surface area contributed by atoms with Crippen LogP contribution in [0.4, 0.5) is 5.69 Å². The van der Waals surface area contributed by atoms with Crippen molar-refractivity contribution >= 4 is 11.2 Å². The molecule has 3 aromatic rings. The van der Waals surface area contributed by atoms with Crippen LogP contribution >= 0.6 is 0 Å². The topological polar surface area (TPSA) is 78.8 Å². The van der Waals surface area contributed by atoms with E-state index in [1.807, 2.05) is 12.1 Å². The first-order valence-electron chi connectivity index (χ1n) is 6.56. The Bertz CT molecular complexity index is 893. The molecule has 7 nitrogen and oxygen atoms in total.